The Morgan fingerprint density at radius 1 is 1.28 bits per heavy atom. The van der Waals surface area contributed by atoms with E-state index in [4.69, 9.17) is 0 Å². The van der Waals surface area contributed by atoms with Crippen molar-refractivity contribution in [2.45, 2.75) is 0 Å². The smallest absolute Gasteiger partial charge is 0.263 e. The fraction of sp³-hybridized carbons (Fsp3) is 0.417. The molecule has 0 aliphatic carbocycles. The number of pyridine rings is 1. The standard InChI is InChI=1S/C12H15N3O3/c1-13-4-2-3-10(11(13)17)12(18)15-7-5-14(9-16)6-8-15/h2-4,9H,5-8H2,1H3. The quantitative estimate of drug-likeness (QED) is 0.651. The van der Waals surface area contributed by atoms with E-state index in [-0.39, 0.29) is 17.0 Å². The van der Waals surface area contributed by atoms with Crippen LogP contribution in [0, 0.1) is 0 Å². The Morgan fingerprint density at radius 3 is 2.56 bits per heavy atom. The number of amides is 2. The molecule has 1 aliphatic heterocycles. The minimum atomic E-state index is -0.291. The molecule has 1 saturated heterocycles. The highest BCUT2D eigenvalue weighted by atomic mass is 16.2. The van der Waals surface area contributed by atoms with E-state index in [0.29, 0.717) is 26.2 Å². The van der Waals surface area contributed by atoms with Crippen LogP contribution in [0.2, 0.25) is 0 Å². The molecule has 0 aromatic carbocycles. The van der Waals surface area contributed by atoms with Gasteiger partial charge >= 0.3 is 0 Å². The van der Waals surface area contributed by atoms with Crippen LogP contribution in [-0.4, -0.2) is 52.9 Å². The van der Waals surface area contributed by atoms with E-state index >= 15 is 0 Å². The van der Waals surface area contributed by atoms with Gasteiger partial charge in [0.1, 0.15) is 5.56 Å². The first-order valence-corrected chi connectivity index (χ1v) is 5.78. The monoisotopic (exact) mass is 249 g/mol. The van der Waals surface area contributed by atoms with Crippen LogP contribution in [-0.2, 0) is 11.8 Å². The third-order valence-corrected chi connectivity index (χ3v) is 3.10. The summed E-state index contributed by atoms with van der Waals surface area (Å²) in [6.45, 7) is 1.97. The van der Waals surface area contributed by atoms with Crippen LogP contribution in [0.3, 0.4) is 0 Å². The van der Waals surface area contributed by atoms with E-state index in [1.165, 1.54) is 10.6 Å². The van der Waals surface area contributed by atoms with Crippen LogP contribution in [0.1, 0.15) is 10.4 Å². The van der Waals surface area contributed by atoms with Crippen molar-refractivity contribution in [1.29, 1.82) is 0 Å². The number of piperazine rings is 1. The van der Waals surface area contributed by atoms with E-state index in [2.05, 4.69) is 0 Å². The minimum absolute atomic E-state index is 0.180. The van der Waals surface area contributed by atoms with Crippen LogP contribution < -0.4 is 5.56 Å². The van der Waals surface area contributed by atoms with Crippen molar-refractivity contribution in [3.05, 3.63) is 34.2 Å². The number of nitrogens with zero attached hydrogens (tertiary/aromatic N) is 3. The second-order valence-corrected chi connectivity index (χ2v) is 4.27. The van der Waals surface area contributed by atoms with Crippen molar-refractivity contribution in [2.24, 2.45) is 7.05 Å². The largest absolute Gasteiger partial charge is 0.342 e. The average molecular weight is 249 g/mol. The van der Waals surface area contributed by atoms with Crippen molar-refractivity contribution in [3.8, 4) is 0 Å². The molecule has 0 atom stereocenters. The molecule has 6 nitrogen and oxygen atoms in total. The zero-order valence-electron chi connectivity index (χ0n) is 10.2. The topological polar surface area (TPSA) is 62.6 Å². The molecule has 0 saturated carbocycles. The van der Waals surface area contributed by atoms with E-state index in [0.717, 1.165) is 6.41 Å². The number of carbonyl (C=O) groups excluding carboxylic acids is 2. The molecule has 0 N–H and O–H groups in total. The summed E-state index contributed by atoms with van der Waals surface area (Å²) < 4.78 is 1.38. The summed E-state index contributed by atoms with van der Waals surface area (Å²) >= 11 is 0. The van der Waals surface area contributed by atoms with Crippen molar-refractivity contribution >= 4 is 12.3 Å². The molecule has 1 aliphatic rings. The zero-order valence-corrected chi connectivity index (χ0v) is 10.2. The first-order chi connectivity index (χ1) is 8.63. The number of rotatable bonds is 2. The van der Waals surface area contributed by atoms with Gasteiger partial charge in [-0.15, -0.1) is 0 Å². The molecule has 1 aromatic heterocycles. The molecule has 0 unspecified atom stereocenters. The number of hydrogen-bond donors (Lipinski definition) is 0. The number of aromatic nitrogens is 1. The Morgan fingerprint density at radius 2 is 1.94 bits per heavy atom. The van der Waals surface area contributed by atoms with E-state index in [9.17, 15) is 14.4 Å². The SMILES string of the molecule is Cn1cccc(C(=O)N2CCN(C=O)CC2)c1=O. The average Bonchev–Trinajstić information content (AvgIpc) is 2.41. The van der Waals surface area contributed by atoms with Gasteiger partial charge in [0, 0.05) is 39.4 Å². The maximum atomic E-state index is 12.2. The van der Waals surface area contributed by atoms with Crippen LogP contribution in [0.15, 0.2) is 23.1 Å². The van der Waals surface area contributed by atoms with Gasteiger partial charge in [0.2, 0.25) is 6.41 Å². The molecule has 2 heterocycles. The van der Waals surface area contributed by atoms with E-state index < -0.39 is 0 Å². The fourth-order valence-corrected chi connectivity index (χ4v) is 1.96. The van der Waals surface area contributed by atoms with Gasteiger partial charge in [-0.3, -0.25) is 14.4 Å². The predicted octanol–water partition coefficient (Wildman–Crippen LogP) is -0.700. The Kier molecular flexibility index (Phi) is 3.45. The van der Waals surface area contributed by atoms with E-state index in [1.807, 2.05) is 0 Å². The number of carbonyl (C=O) groups is 2. The normalized spacial score (nSPS) is 15.6. The summed E-state index contributed by atoms with van der Waals surface area (Å²) in [5.41, 5.74) is -0.111. The molecule has 0 bridgehead atoms. The Bertz CT molecular complexity index is 516. The highest BCUT2D eigenvalue weighted by molar-refractivity contribution is 5.93. The van der Waals surface area contributed by atoms with Gasteiger partial charge in [0.05, 0.1) is 0 Å². The molecule has 1 fully saturated rings. The van der Waals surface area contributed by atoms with Gasteiger partial charge in [-0.05, 0) is 12.1 Å². The third kappa shape index (κ3) is 2.27. The van der Waals surface area contributed by atoms with E-state index in [1.54, 1.807) is 29.1 Å². The van der Waals surface area contributed by atoms with Gasteiger partial charge in [-0.25, -0.2) is 0 Å². The third-order valence-electron chi connectivity index (χ3n) is 3.10. The maximum Gasteiger partial charge on any atom is 0.263 e. The summed E-state index contributed by atoms with van der Waals surface area (Å²) in [6, 6.07) is 3.22. The lowest BCUT2D eigenvalue weighted by Gasteiger charge is -2.32. The predicted molar refractivity (Wildman–Crippen MR) is 65.2 cm³/mol. The van der Waals surface area contributed by atoms with Gasteiger partial charge < -0.3 is 14.4 Å². The van der Waals surface area contributed by atoms with Crippen LogP contribution in [0.5, 0.6) is 0 Å². The fourth-order valence-electron chi connectivity index (χ4n) is 1.96. The summed E-state index contributed by atoms with van der Waals surface area (Å²) in [7, 11) is 1.61. The van der Waals surface area contributed by atoms with Gasteiger partial charge in [0.15, 0.2) is 0 Å². The molecule has 2 rings (SSSR count). The van der Waals surface area contributed by atoms with Gasteiger partial charge in [0.25, 0.3) is 11.5 Å². The number of hydrogen-bond acceptors (Lipinski definition) is 3. The number of aryl methyl sites for hydroxylation is 1. The summed E-state index contributed by atoms with van der Waals surface area (Å²) in [6.07, 6.45) is 2.40. The maximum absolute atomic E-state index is 12.2. The second-order valence-electron chi connectivity index (χ2n) is 4.27. The lowest BCUT2D eigenvalue weighted by Crippen LogP contribution is -2.49. The molecule has 2 amide bonds. The molecule has 96 valence electrons. The Balaban J connectivity index is 2.15. The molecule has 0 spiro atoms. The highest BCUT2D eigenvalue weighted by Gasteiger charge is 2.23. The van der Waals surface area contributed by atoms with Crippen molar-refractivity contribution < 1.29 is 9.59 Å². The van der Waals surface area contributed by atoms with Crippen molar-refractivity contribution in [2.75, 3.05) is 26.2 Å². The van der Waals surface area contributed by atoms with Gasteiger partial charge in [-0.1, -0.05) is 0 Å². The zero-order chi connectivity index (χ0) is 13.1. The van der Waals surface area contributed by atoms with Crippen molar-refractivity contribution in [3.63, 3.8) is 0 Å². The van der Waals surface area contributed by atoms with Crippen molar-refractivity contribution in [1.82, 2.24) is 14.4 Å². The molecule has 0 radical (unpaired) electrons. The summed E-state index contributed by atoms with van der Waals surface area (Å²) in [5.74, 6) is -0.262. The van der Waals surface area contributed by atoms with Gasteiger partial charge in [-0.2, -0.15) is 0 Å². The second kappa shape index (κ2) is 5.03. The molecule has 6 heteroatoms. The lowest BCUT2D eigenvalue weighted by molar-refractivity contribution is -0.119. The summed E-state index contributed by atoms with van der Waals surface area (Å²) in [5, 5.41) is 0. The first kappa shape index (κ1) is 12.3. The Hall–Kier alpha value is -2.11. The molecular weight excluding hydrogens is 234 g/mol. The lowest BCUT2D eigenvalue weighted by atomic mass is 10.2. The molecule has 18 heavy (non-hydrogen) atoms. The summed E-state index contributed by atoms with van der Waals surface area (Å²) in [4.78, 5) is 37.8. The first-order valence-electron chi connectivity index (χ1n) is 5.78. The Labute approximate surface area is 104 Å². The minimum Gasteiger partial charge on any atom is -0.342 e. The molecular formula is C12H15N3O3. The highest BCUT2D eigenvalue weighted by Crippen LogP contribution is 2.04. The van der Waals surface area contributed by atoms with Crippen LogP contribution in [0.25, 0.3) is 0 Å². The molecule has 1 aromatic rings. The van der Waals surface area contributed by atoms with Crippen LogP contribution in [0.4, 0.5) is 0 Å². The van der Waals surface area contributed by atoms with Crippen LogP contribution >= 0.6 is 0 Å².